The van der Waals surface area contributed by atoms with Crippen molar-refractivity contribution in [3.63, 3.8) is 0 Å². The van der Waals surface area contributed by atoms with E-state index >= 15 is 0 Å². The van der Waals surface area contributed by atoms with Gasteiger partial charge in [-0.1, -0.05) is 0 Å². The Kier molecular flexibility index (Phi) is 4.38. The topological polar surface area (TPSA) is 93.4 Å². The van der Waals surface area contributed by atoms with Crippen molar-refractivity contribution in [2.24, 2.45) is 0 Å². The van der Waals surface area contributed by atoms with Gasteiger partial charge in [-0.25, -0.2) is 9.97 Å². The lowest BCUT2D eigenvalue weighted by atomic mass is 9.95. The summed E-state index contributed by atoms with van der Waals surface area (Å²) >= 11 is 0. The van der Waals surface area contributed by atoms with E-state index in [0.717, 1.165) is 49.1 Å². The number of pyridine rings is 1. The Bertz CT molecular complexity index is 1210. The molecule has 0 radical (unpaired) electrons. The van der Waals surface area contributed by atoms with Crippen molar-refractivity contribution in [3.05, 3.63) is 41.2 Å². The number of aromatic nitrogens is 3. The number of ether oxygens (including phenoxy) is 1. The van der Waals surface area contributed by atoms with Gasteiger partial charge in [0.2, 0.25) is 5.71 Å². The van der Waals surface area contributed by atoms with E-state index in [1.54, 1.807) is 6.20 Å². The second-order valence-electron chi connectivity index (χ2n) is 9.50. The van der Waals surface area contributed by atoms with E-state index in [2.05, 4.69) is 27.2 Å². The van der Waals surface area contributed by atoms with E-state index in [0.29, 0.717) is 47.4 Å². The molecule has 6 rings (SSSR count). The third-order valence-electron chi connectivity index (χ3n) is 7.01. The molecule has 8 heteroatoms. The third-order valence-corrected chi connectivity index (χ3v) is 7.01. The quantitative estimate of drug-likeness (QED) is 0.649. The number of hydrogen-bond donors (Lipinski definition) is 1. The highest BCUT2D eigenvalue weighted by Crippen LogP contribution is 2.40. The molecule has 8 nitrogen and oxygen atoms in total. The second-order valence-corrected chi connectivity index (χ2v) is 9.50. The monoisotopic (exact) mass is 433 g/mol. The summed E-state index contributed by atoms with van der Waals surface area (Å²) in [6, 6.07) is 1.95. The maximum Gasteiger partial charge on any atom is 0.258 e. The molecule has 1 amide bonds. The first kappa shape index (κ1) is 19.5. The van der Waals surface area contributed by atoms with Crippen LogP contribution in [0.4, 0.5) is 5.82 Å². The molecule has 1 N–H and O–H groups in total. The Balaban J connectivity index is 1.31. The van der Waals surface area contributed by atoms with E-state index in [4.69, 9.17) is 9.15 Å². The third kappa shape index (κ3) is 3.29. The lowest BCUT2D eigenvalue weighted by Gasteiger charge is -2.32. The number of rotatable bonds is 5. The van der Waals surface area contributed by atoms with Gasteiger partial charge in [-0.3, -0.25) is 9.78 Å². The van der Waals surface area contributed by atoms with Crippen molar-refractivity contribution in [1.82, 2.24) is 19.9 Å². The molecule has 2 fully saturated rings. The fraction of sp³-hybridized carbons (Fsp3) is 0.500. The molecule has 0 atom stereocenters. The second kappa shape index (κ2) is 7.18. The zero-order chi connectivity index (χ0) is 21.9. The Morgan fingerprint density at radius 1 is 1.28 bits per heavy atom. The van der Waals surface area contributed by atoms with Gasteiger partial charge in [0.05, 0.1) is 29.3 Å². The SMILES string of the molecule is Cc1oc2ncnc(NC3(C)CC3)c2c1C(=O)N1CCc2c(OC3CCC3)ccnc2C1. The smallest absolute Gasteiger partial charge is 0.258 e. The van der Waals surface area contributed by atoms with Gasteiger partial charge >= 0.3 is 0 Å². The maximum absolute atomic E-state index is 13.7. The summed E-state index contributed by atoms with van der Waals surface area (Å²) in [7, 11) is 0. The van der Waals surface area contributed by atoms with Gasteiger partial charge in [-0.05, 0) is 58.4 Å². The van der Waals surface area contributed by atoms with Gasteiger partial charge < -0.3 is 19.4 Å². The van der Waals surface area contributed by atoms with Crippen molar-refractivity contribution in [1.29, 1.82) is 0 Å². The molecule has 3 aromatic rings. The van der Waals surface area contributed by atoms with Crippen LogP contribution in [-0.2, 0) is 13.0 Å². The average molecular weight is 434 g/mol. The molecule has 166 valence electrons. The fourth-order valence-electron chi connectivity index (χ4n) is 4.53. The molecule has 32 heavy (non-hydrogen) atoms. The zero-order valence-corrected chi connectivity index (χ0v) is 18.5. The van der Waals surface area contributed by atoms with E-state index in [1.165, 1.54) is 12.7 Å². The van der Waals surface area contributed by atoms with Crippen molar-refractivity contribution < 1.29 is 13.9 Å². The zero-order valence-electron chi connectivity index (χ0n) is 18.5. The van der Waals surface area contributed by atoms with Crippen LogP contribution in [0.3, 0.4) is 0 Å². The number of amides is 1. The highest BCUT2D eigenvalue weighted by molar-refractivity contribution is 6.10. The lowest BCUT2D eigenvalue weighted by Crippen LogP contribution is -2.37. The summed E-state index contributed by atoms with van der Waals surface area (Å²) in [6.07, 6.45) is 9.95. The summed E-state index contributed by atoms with van der Waals surface area (Å²) in [4.78, 5) is 28.8. The normalized spacial score (nSPS) is 19.4. The molecule has 2 aliphatic carbocycles. The van der Waals surface area contributed by atoms with Gasteiger partial charge in [0, 0.05) is 23.8 Å². The molecule has 3 aliphatic rings. The number of nitrogens with zero attached hydrogens (tertiary/aromatic N) is 4. The molecular formula is C24H27N5O3. The average Bonchev–Trinajstić information content (AvgIpc) is 3.37. The minimum absolute atomic E-state index is 0.0254. The summed E-state index contributed by atoms with van der Waals surface area (Å²) in [5.74, 6) is 2.09. The molecule has 4 heterocycles. The molecule has 1 aliphatic heterocycles. The Labute approximate surface area is 186 Å². The Morgan fingerprint density at radius 2 is 2.12 bits per heavy atom. The molecule has 3 aromatic heterocycles. The summed E-state index contributed by atoms with van der Waals surface area (Å²) in [5.41, 5.74) is 3.05. The minimum atomic E-state index is -0.0715. The van der Waals surface area contributed by atoms with Gasteiger partial charge in [0.25, 0.3) is 5.91 Å². The van der Waals surface area contributed by atoms with Crippen LogP contribution in [-0.4, -0.2) is 43.9 Å². The van der Waals surface area contributed by atoms with Crippen molar-refractivity contribution in [2.45, 2.75) is 70.6 Å². The first-order valence-electron chi connectivity index (χ1n) is 11.5. The highest BCUT2D eigenvalue weighted by Gasteiger charge is 2.39. The number of carbonyl (C=O) groups is 1. The number of aryl methyl sites for hydroxylation is 1. The lowest BCUT2D eigenvalue weighted by molar-refractivity contribution is 0.0726. The van der Waals surface area contributed by atoms with Crippen LogP contribution in [0, 0.1) is 6.92 Å². The number of hydrogen-bond acceptors (Lipinski definition) is 7. The molecule has 0 aromatic carbocycles. The van der Waals surface area contributed by atoms with Crippen LogP contribution < -0.4 is 10.1 Å². The largest absolute Gasteiger partial charge is 0.490 e. The maximum atomic E-state index is 13.7. The van der Waals surface area contributed by atoms with Crippen LogP contribution in [0.1, 0.15) is 66.4 Å². The first-order chi connectivity index (χ1) is 15.5. The predicted octanol–water partition coefficient (Wildman–Crippen LogP) is 4.02. The van der Waals surface area contributed by atoms with E-state index in [-0.39, 0.29) is 11.4 Å². The first-order valence-corrected chi connectivity index (χ1v) is 11.5. The van der Waals surface area contributed by atoms with E-state index in [9.17, 15) is 4.79 Å². The number of carbonyl (C=O) groups excluding carboxylic acids is 1. The van der Waals surface area contributed by atoms with E-state index < -0.39 is 0 Å². The molecule has 0 spiro atoms. The Morgan fingerprint density at radius 3 is 2.88 bits per heavy atom. The standard InChI is InChI=1S/C24H27N5O3/c1-14-19(20-21(28-24(2)8-9-24)26-13-27-22(20)31-14)23(30)29-11-7-16-17(12-29)25-10-6-18(16)32-15-4-3-5-15/h6,10,13,15H,3-5,7-9,11-12H2,1-2H3,(H,26,27,28). The predicted molar refractivity (Wildman–Crippen MR) is 119 cm³/mol. The van der Waals surface area contributed by atoms with Crippen molar-refractivity contribution >= 4 is 22.8 Å². The number of nitrogens with one attached hydrogen (secondary N) is 1. The molecule has 0 bridgehead atoms. The van der Waals surface area contributed by atoms with Crippen molar-refractivity contribution in [2.75, 3.05) is 11.9 Å². The van der Waals surface area contributed by atoms with Gasteiger partial charge in [-0.15, -0.1) is 0 Å². The summed E-state index contributed by atoms with van der Waals surface area (Å²) < 4.78 is 12.0. The van der Waals surface area contributed by atoms with E-state index in [1.807, 2.05) is 17.9 Å². The highest BCUT2D eigenvalue weighted by atomic mass is 16.5. The van der Waals surface area contributed by atoms with Gasteiger partial charge in [-0.2, -0.15) is 0 Å². The summed E-state index contributed by atoms with van der Waals surface area (Å²) in [6.45, 7) is 5.04. The molecule has 2 saturated carbocycles. The molecular weight excluding hydrogens is 406 g/mol. The van der Waals surface area contributed by atoms with Crippen LogP contribution >= 0.6 is 0 Å². The van der Waals surface area contributed by atoms with Gasteiger partial charge in [0.15, 0.2) is 0 Å². The molecule has 0 unspecified atom stereocenters. The number of anilines is 1. The van der Waals surface area contributed by atoms with Crippen molar-refractivity contribution in [3.8, 4) is 5.75 Å². The molecule has 0 saturated heterocycles. The fourth-order valence-corrected chi connectivity index (χ4v) is 4.53. The van der Waals surface area contributed by atoms with Crippen LogP contribution in [0.25, 0.3) is 11.1 Å². The van der Waals surface area contributed by atoms with Crippen LogP contribution in [0.2, 0.25) is 0 Å². The van der Waals surface area contributed by atoms with Crippen LogP contribution in [0.5, 0.6) is 5.75 Å². The van der Waals surface area contributed by atoms with Gasteiger partial charge in [0.1, 0.15) is 23.7 Å². The Hall–Kier alpha value is -3.16. The number of furan rings is 1. The van der Waals surface area contributed by atoms with Crippen LogP contribution in [0.15, 0.2) is 23.0 Å². The minimum Gasteiger partial charge on any atom is -0.490 e. The summed E-state index contributed by atoms with van der Waals surface area (Å²) in [5, 5.41) is 4.16. The number of fused-ring (bicyclic) bond motifs is 2.